The van der Waals surface area contributed by atoms with Crippen LogP contribution in [0.3, 0.4) is 0 Å². The van der Waals surface area contributed by atoms with Gasteiger partial charge in [-0.15, -0.1) is 11.8 Å². The number of primary amides is 1. The Kier molecular flexibility index (Phi) is 5.41. The van der Waals surface area contributed by atoms with Crippen LogP contribution in [0.25, 0.3) is 0 Å². The Morgan fingerprint density at radius 1 is 1.38 bits per heavy atom. The molecule has 0 unspecified atom stereocenters. The van der Waals surface area contributed by atoms with Crippen LogP contribution in [0.1, 0.15) is 11.1 Å². The number of carbonyl (C=O) groups is 1. The number of carbonyl (C=O) groups excluding carboxylic acids is 1. The van der Waals surface area contributed by atoms with Crippen LogP contribution in [-0.4, -0.2) is 22.3 Å². The van der Waals surface area contributed by atoms with Gasteiger partial charge < -0.3 is 11.5 Å². The van der Waals surface area contributed by atoms with E-state index in [0.717, 1.165) is 30.0 Å². The second kappa shape index (κ2) is 7.36. The fourth-order valence-corrected chi connectivity index (χ4v) is 2.49. The minimum atomic E-state index is -4.61. The highest BCUT2D eigenvalue weighted by Crippen LogP contribution is 2.32. The summed E-state index contributed by atoms with van der Waals surface area (Å²) < 4.78 is 38.7. The Balaban J connectivity index is 2.50. The third-order valence-corrected chi connectivity index (χ3v) is 3.75. The molecule has 0 atom stereocenters. The van der Waals surface area contributed by atoms with Crippen molar-refractivity contribution in [2.75, 3.05) is 22.4 Å². The molecule has 0 fully saturated rings. The molecule has 0 radical (unpaired) electrons. The molecule has 26 heavy (non-hydrogen) atoms. The van der Waals surface area contributed by atoms with E-state index in [4.69, 9.17) is 11.5 Å². The molecule has 0 bridgehead atoms. The number of alkyl halides is 3. The molecule has 8 nitrogen and oxygen atoms in total. The highest BCUT2D eigenvalue weighted by atomic mass is 32.2. The predicted octanol–water partition coefficient (Wildman–Crippen LogP) is 2.58. The molecule has 5 N–H and O–H groups in total. The van der Waals surface area contributed by atoms with Crippen molar-refractivity contribution in [3.8, 4) is 6.07 Å². The van der Waals surface area contributed by atoms with Gasteiger partial charge in [0.05, 0.1) is 11.3 Å². The van der Waals surface area contributed by atoms with Crippen LogP contribution in [0.15, 0.2) is 29.3 Å². The van der Waals surface area contributed by atoms with Crippen LogP contribution >= 0.6 is 11.8 Å². The summed E-state index contributed by atoms with van der Waals surface area (Å²) in [6.45, 7) is 0. The first-order valence-electron chi connectivity index (χ1n) is 6.82. The monoisotopic (exact) mass is 383 g/mol. The zero-order valence-corrected chi connectivity index (χ0v) is 14.0. The Labute approximate surface area is 150 Å². The van der Waals surface area contributed by atoms with Crippen LogP contribution in [0.5, 0.6) is 0 Å². The number of urea groups is 1. The van der Waals surface area contributed by atoms with Gasteiger partial charge in [0.1, 0.15) is 16.7 Å². The number of nitriles is 1. The Hall–Kier alpha value is -3.20. The average molecular weight is 383 g/mol. The van der Waals surface area contributed by atoms with Crippen LogP contribution in [0.2, 0.25) is 0 Å². The molecule has 2 aromatic rings. The number of thioether (sulfide) groups is 1. The second-order valence-electron chi connectivity index (χ2n) is 4.76. The molecule has 2 amide bonds. The Morgan fingerprint density at radius 3 is 2.62 bits per heavy atom. The van der Waals surface area contributed by atoms with E-state index in [-0.39, 0.29) is 28.0 Å². The summed E-state index contributed by atoms with van der Waals surface area (Å²) in [6, 6.07) is 4.66. The van der Waals surface area contributed by atoms with Crippen LogP contribution in [0, 0.1) is 11.3 Å². The number of nitrogens with two attached hydrogens (primary N) is 2. The van der Waals surface area contributed by atoms with Crippen molar-refractivity contribution >= 4 is 35.2 Å². The van der Waals surface area contributed by atoms with Gasteiger partial charge in [-0.2, -0.15) is 23.4 Å². The molecule has 2 rings (SSSR count). The van der Waals surface area contributed by atoms with Crippen LogP contribution < -0.4 is 21.9 Å². The maximum Gasteiger partial charge on any atom is 0.416 e. The van der Waals surface area contributed by atoms with Crippen molar-refractivity contribution in [1.82, 2.24) is 9.97 Å². The van der Waals surface area contributed by atoms with Gasteiger partial charge >= 0.3 is 12.2 Å². The standard InChI is InChI=1S/C14H12F3N7OS/c1-26-11-9(6-18)10(21-12(19)22-11)23-24(13(20)25)8-4-2-3-7(5-8)14(15,16)17/h2-5H,1H3,(H2,20,25)(H3,19,21,22,23). The number of nitrogen functional groups attached to an aromatic ring is 1. The van der Waals surface area contributed by atoms with E-state index in [1.54, 1.807) is 6.26 Å². The molecule has 0 aliphatic rings. The number of aromatic nitrogens is 2. The molecular weight excluding hydrogens is 371 g/mol. The van der Waals surface area contributed by atoms with Gasteiger partial charge in [0.25, 0.3) is 0 Å². The van der Waals surface area contributed by atoms with E-state index in [1.165, 1.54) is 6.07 Å². The molecule has 0 spiro atoms. The van der Waals surface area contributed by atoms with Gasteiger partial charge in [-0.05, 0) is 24.5 Å². The molecule has 1 aromatic heterocycles. The first-order chi connectivity index (χ1) is 12.2. The largest absolute Gasteiger partial charge is 0.416 e. The number of nitrogens with one attached hydrogen (secondary N) is 1. The average Bonchev–Trinajstić information content (AvgIpc) is 2.58. The van der Waals surface area contributed by atoms with Gasteiger partial charge in [-0.25, -0.2) is 14.8 Å². The zero-order chi connectivity index (χ0) is 19.5. The summed E-state index contributed by atoms with van der Waals surface area (Å²) in [5.41, 5.74) is 12.0. The van der Waals surface area contributed by atoms with Crippen molar-refractivity contribution in [3.63, 3.8) is 0 Å². The summed E-state index contributed by atoms with van der Waals surface area (Å²) >= 11 is 1.11. The smallest absolute Gasteiger partial charge is 0.368 e. The lowest BCUT2D eigenvalue weighted by molar-refractivity contribution is -0.137. The summed E-state index contributed by atoms with van der Waals surface area (Å²) in [5.74, 6) is -0.357. The van der Waals surface area contributed by atoms with E-state index in [9.17, 15) is 23.2 Å². The highest BCUT2D eigenvalue weighted by Gasteiger charge is 2.31. The third kappa shape index (κ3) is 4.06. The molecular formula is C14H12F3N7OS. The van der Waals surface area contributed by atoms with E-state index in [2.05, 4.69) is 15.4 Å². The third-order valence-electron chi connectivity index (χ3n) is 3.07. The zero-order valence-electron chi connectivity index (χ0n) is 13.2. The topological polar surface area (TPSA) is 134 Å². The Bertz CT molecular complexity index is 882. The van der Waals surface area contributed by atoms with Gasteiger partial charge in [0.2, 0.25) is 5.95 Å². The minimum Gasteiger partial charge on any atom is -0.368 e. The van der Waals surface area contributed by atoms with E-state index >= 15 is 0 Å². The first-order valence-corrected chi connectivity index (χ1v) is 8.05. The minimum absolute atomic E-state index is 0.0371. The van der Waals surface area contributed by atoms with Crippen molar-refractivity contribution < 1.29 is 18.0 Å². The van der Waals surface area contributed by atoms with Gasteiger partial charge in [0.15, 0.2) is 5.82 Å². The van der Waals surface area contributed by atoms with E-state index in [0.29, 0.717) is 5.01 Å². The quantitative estimate of drug-likeness (QED) is 0.420. The second-order valence-corrected chi connectivity index (χ2v) is 5.55. The number of benzene rings is 1. The fraction of sp³-hybridized carbons (Fsp3) is 0.143. The lowest BCUT2D eigenvalue weighted by atomic mass is 10.2. The molecule has 136 valence electrons. The number of hydrogen-bond acceptors (Lipinski definition) is 7. The first kappa shape index (κ1) is 19.1. The molecule has 0 saturated heterocycles. The molecule has 0 saturated carbocycles. The molecule has 0 aliphatic heterocycles. The highest BCUT2D eigenvalue weighted by molar-refractivity contribution is 7.98. The molecule has 0 aliphatic carbocycles. The summed E-state index contributed by atoms with van der Waals surface area (Å²) in [7, 11) is 0. The van der Waals surface area contributed by atoms with Gasteiger partial charge in [0, 0.05) is 0 Å². The van der Waals surface area contributed by atoms with Crippen molar-refractivity contribution in [3.05, 3.63) is 35.4 Å². The number of amides is 2. The lowest BCUT2D eigenvalue weighted by Crippen LogP contribution is -2.41. The van der Waals surface area contributed by atoms with Crippen molar-refractivity contribution in [1.29, 1.82) is 5.26 Å². The maximum atomic E-state index is 12.9. The van der Waals surface area contributed by atoms with Crippen LogP contribution in [0.4, 0.5) is 35.4 Å². The number of rotatable bonds is 4. The summed E-state index contributed by atoms with van der Waals surface area (Å²) in [4.78, 5) is 19.4. The van der Waals surface area contributed by atoms with Crippen molar-refractivity contribution in [2.45, 2.75) is 11.2 Å². The molecule has 1 heterocycles. The number of hydrogen-bond donors (Lipinski definition) is 3. The number of hydrazine groups is 1. The van der Waals surface area contributed by atoms with Gasteiger partial charge in [-0.3, -0.25) is 5.43 Å². The van der Waals surface area contributed by atoms with E-state index in [1.807, 2.05) is 6.07 Å². The SMILES string of the molecule is CSc1nc(N)nc(NN(C(N)=O)c2cccc(C(F)(F)F)c2)c1C#N. The fourth-order valence-electron chi connectivity index (χ4n) is 1.96. The predicted molar refractivity (Wildman–Crippen MR) is 90.1 cm³/mol. The normalized spacial score (nSPS) is 10.9. The summed E-state index contributed by atoms with van der Waals surface area (Å²) in [6.07, 6.45) is -2.96. The number of halogens is 3. The number of anilines is 3. The molecule has 1 aromatic carbocycles. The molecule has 12 heteroatoms. The van der Waals surface area contributed by atoms with Gasteiger partial charge in [-0.1, -0.05) is 6.07 Å². The van der Waals surface area contributed by atoms with Crippen molar-refractivity contribution in [2.24, 2.45) is 5.73 Å². The number of nitrogens with zero attached hydrogens (tertiary/aromatic N) is 4. The Morgan fingerprint density at radius 2 is 2.08 bits per heavy atom. The van der Waals surface area contributed by atoms with E-state index < -0.39 is 17.8 Å². The maximum absolute atomic E-state index is 12.9. The lowest BCUT2D eigenvalue weighted by Gasteiger charge is -2.23. The summed E-state index contributed by atoms with van der Waals surface area (Å²) in [5, 5.41) is 10.1. The van der Waals surface area contributed by atoms with Crippen LogP contribution in [-0.2, 0) is 6.18 Å².